The van der Waals surface area contributed by atoms with Gasteiger partial charge in [-0.3, -0.25) is 0 Å². The highest BCUT2D eigenvalue weighted by Crippen LogP contribution is 2.38. The van der Waals surface area contributed by atoms with Crippen molar-refractivity contribution < 1.29 is 30.2 Å². The molecule has 0 aliphatic carbocycles. The van der Waals surface area contributed by atoms with Gasteiger partial charge in [-0.1, -0.05) is 0 Å². The molecule has 11 heteroatoms. The third-order valence-corrected chi connectivity index (χ3v) is 6.58. The Morgan fingerprint density at radius 1 is 1.08 bits per heavy atom. The zero-order chi connectivity index (χ0) is 18.4. The topological polar surface area (TPSA) is 56.3 Å². The summed E-state index contributed by atoms with van der Waals surface area (Å²) in [4.78, 5) is 4.32. The van der Waals surface area contributed by atoms with Gasteiger partial charge in [0, 0.05) is 5.56 Å². The Balaban J connectivity index is 2.05. The third-order valence-electron chi connectivity index (χ3n) is 3.04. The molecular weight excluding hydrogens is 497 g/mol. The first-order valence-electron chi connectivity index (χ1n) is 6.44. The van der Waals surface area contributed by atoms with Gasteiger partial charge in [0.2, 0.25) is 0 Å². The number of benzene rings is 2. The minimum atomic E-state index is -5.75. The maximum atomic E-state index is 13.0. The predicted molar refractivity (Wildman–Crippen MR) is 93.3 cm³/mol. The fourth-order valence-electron chi connectivity index (χ4n) is 1.89. The molecule has 25 heavy (non-hydrogen) atoms. The number of nitrogens with zero attached hydrogens (tertiary/aromatic N) is 1. The molecule has 0 amide bonds. The Kier molecular flexibility index (Phi) is 4.66. The van der Waals surface area contributed by atoms with Crippen LogP contribution in [-0.4, -0.2) is 18.9 Å². The number of rotatable bonds is 3. The van der Waals surface area contributed by atoms with E-state index in [2.05, 4.69) is 9.17 Å². The van der Waals surface area contributed by atoms with Crippen molar-refractivity contribution in [3.63, 3.8) is 0 Å². The molecule has 0 fully saturated rings. The highest BCUT2D eigenvalue weighted by atomic mass is 127. The fraction of sp³-hybridized carbons (Fsp3) is 0.0714. The van der Waals surface area contributed by atoms with E-state index in [4.69, 9.17) is 0 Å². The van der Waals surface area contributed by atoms with Crippen LogP contribution in [0.3, 0.4) is 0 Å². The summed E-state index contributed by atoms with van der Waals surface area (Å²) in [5.74, 6) is -0.841. The van der Waals surface area contributed by atoms with Gasteiger partial charge >= 0.3 is 15.6 Å². The number of hydrogen-bond donors (Lipinski definition) is 0. The van der Waals surface area contributed by atoms with E-state index in [1.807, 2.05) is 0 Å². The normalized spacial score (nSPS) is 12.5. The Morgan fingerprint density at radius 3 is 2.32 bits per heavy atom. The zero-order valence-electron chi connectivity index (χ0n) is 11.8. The van der Waals surface area contributed by atoms with Crippen molar-refractivity contribution in [1.82, 2.24) is 4.98 Å². The van der Waals surface area contributed by atoms with Crippen molar-refractivity contribution in [2.24, 2.45) is 0 Å². The average Bonchev–Trinajstić information content (AvgIpc) is 2.94. The second-order valence-electron chi connectivity index (χ2n) is 4.74. The average molecular weight is 503 g/mol. The van der Waals surface area contributed by atoms with Crippen LogP contribution in [0.15, 0.2) is 36.4 Å². The molecule has 132 valence electrons. The third kappa shape index (κ3) is 3.58. The number of thiazole rings is 1. The molecule has 0 spiro atoms. The summed E-state index contributed by atoms with van der Waals surface area (Å²) in [6.45, 7) is 0. The van der Waals surface area contributed by atoms with E-state index in [1.54, 1.807) is 22.6 Å². The molecule has 0 radical (unpaired) electrons. The molecule has 0 unspecified atom stereocenters. The molecule has 0 aliphatic rings. The minimum Gasteiger partial charge on any atom is -0.375 e. The fourth-order valence-corrected chi connectivity index (χ4v) is 4.40. The maximum absolute atomic E-state index is 13.0. The van der Waals surface area contributed by atoms with Gasteiger partial charge in [-0.25, -0.2) is 9.37 Å². The first-order valence-corrected chi connectivity index (χ1v) is 9.74. The van der Waals surface area contributed by atoms with E-state index >= 15 is 0 Å². The molecule has 3 rings (SSSR count). The van der Waals surface area contributed by atoms with E-state index in [9.17, 15) is 26.0 Å². The van der Waals surface area contributed by atoms with Gasteiger partial charge in [0.15, 0.2) is 5.75 Å². The Hall–Kier alpha value is -1.47. The van der Waals surface area contributed by atoms with E-state index < -0.39 is 27.2 Å². The van der Waals surface area contributed by atoms with E-state index in [0.29, 0.717) is 20.8 Å². The van der Waals surface area contributed by atoms with Gasteiger partial charge in [0.25, 0.3) is 0 Å². The largest absolute Gasteiger partial charge is 0.534 e. The molecule has 2 aromatic carbocycles. The molecule has 0 atom stereocenters. The molecule has 0 saturated carbocycles. The second kappa shape index (κ2) is 6.36. The number of aromatic nitrogens is 1. The number of alkyl halides is 3. The summed E-state index contributed by atoms with van der Waals surface area (Å²) in [5, 5.41) is 0.517. The van der Waals surface area contributed by atoms with E-state index in [1.165, 1.54) is 30.3 Å². The molecule has 0 aliphatic heterocycles. The molecule has 1 heterocycles. The summed E-state index contributed by atoms with van der Waals surface area (Å²) in [5.41, 5.74) is -4.42. The number of hydrogen-bond acceptors (Lipinski definition) is 5. The Bertz CT molecular complexity index is 1050. The van der Waals surface area contributed by atoms with Crippen LogP contribution in [0.2, 0.25) is 0 Å². The standard InChI is InChI=1S/C14H6F4INO3S2/c15-8-3-1-7(2-4-8)13-20-9-5-6-10(11(19)12(9)24-13)23-25(21,22)14(16,17)18/h1-6H. The van der Waals surface area contributed by atoms with Crippen LogP contribution in [0.4, 0.5) is 17.6 Å². The van der Waals surface area contributed by atoms with Crippen LogP contribution in [0, 0.1) is 9.39 Å². The van der Waals surface area contributed by atoms with Crippen LogP contribution in [0.5, 0.6) is 5.75 Å². The molecule has 4 nitrogen and oxygen atoms in total. The lowest BCUT2D eigenvalue weighted by atomic mass is 10.2. The first-order chi connectivity index (χ1) is 11.6. The van der Waals surface area contributed by atoms with E-state index in [-0.39, 0.29) is 3.57 Å². The lowest BCUT2D eigenvalue weighted by molar-refractivity contribution is -0.0500. The SMILES string of the molecule is O=S(=O)(Oc1ccc2nc(-c3ccc(F)cc3)sc2c1I)C(F)(F)F. The molecule has 0 saturated heterocycles. The van der Waals surface area contributed by atoms with Crippen molar-refractivity contribution in [2.45, 2.75) is 5.51 Å². The Labute approximate surface area is 156 Å². The molecular formula is C14H6F4INO3S2. The summed E-state index contributed by atoms with van der Waals surface area (Å²) >= 11 is 2.83. The molecule has 0 bridgehead atoms. The van der Waals surface area contributed by atoms with Gasteiger partial charge in [-0.05, 0) is 59.0 Å². The van der Waals surface area contributed by atoms with Crippen LogP contribution in [0.25, 0.3) is 20.8 Å². The van der Waals surface area contributed by atoms with Crippen LogP contribution < -0.4 is 4.18 Å². The minimum absolute atomic E-state index is 0.189. The van der Waals surface area contributed by atoms with Crippen molar-refractivity contribution in [3.05, 3.63) is 45.8 Å². The molecule has 1 aromatic heterocycles. The smallest absolute Gasteiger partial charge is 0.375 e. The summed E-state index contributed by atoms with van der Waals surface area (Å²) in [6.07, 6.45) is 0. The predicted octanol–water partition coefficient (Wildman–Crippen LogP) is 4.94. The van der Waals surface area contributed by atoms with Crippen LogP contribution in [-0.2, 0) is 10.1 Å². The lowest BCUT2D eigenvalue weighted by Gasteiger charge is -2.10. The summed E-state index contributed by atoms with van der Waals surface area (Å²) in [6, 6.07) is 8.04. The quantitative estimate of drug-likeness (QED) is 0.220. The molecule has 0 N–H and O–H groups in total. The van der Waals surface area contributed by atoms with Gasteiger partial charge in [-0.15, -0.1) is 11.3 Å². The van der Waals surface area contributed by atoms with Crippen LogP contribution in [0.1, 0.15) is 0 Å². The van der Waals surface area contributed by atoms with Crippen molar-refractivity contribution in [1.29, 1.82) is 0 Å². The van der Waals surface area contributed by atoms with Gasteiger partial charge in [0.05, 0.1) is 13.8 Å². The number of fused-ring (bicyclic) bond motifs is 1. The lowest BCUT2D eigenvalue weighted by Crippen LogP contribution is -2.28. The second-order valence-corrected chi connectivity index (χ2v) is 8.35. The first kappa shape index (κ1) is 18.3. The van der Waals surface area contributed by atoms with Crippen molar-refractivity contribution in [3.8, 4) is 16.3 Å². The summed E-state index contributed by atoms with van der Waals surface area (Å²) < 4.78 is 77.6. The van der Waals surface area contributed by atoms with Gasteiger partial charge in [-0.2, -0.15) is 21.6 Å². The van der Waals surface area contributed by atoms with Gasteiger partial charge in [0.1, 0.15) is 10.8 Å². The highest BCUT2D eigenvalue weighted by Gasteiger charge is 2.48. The summed E-state index contributed by atoms with van der Waals surface area (Å²) in [7, 11) is -5.75. The monoisotopic (exact) mass is 503 g/mol. The number of halogens is 5. The van der Waals surface area contributed by atoms with Crippen LogP contribution >= 0.6 is 33.9 Å². The van der Waals surface area contributed by atoms with Gasteiger partial charge < -0.3 is 4.18 Å². The zero-order valence-corrected chi connectivity index (χ0v) is 15.6. The Morgan fingerprint density at radius 2 is 1.72 bits per heavy atom. The highest BCUT2D eigenvalue weighted by molar-refractivity contribution is 14.1. The van der Waals surface area contributed by atoms with Crippen molar-refractivity contribution >= 4 is 54.3 Å². The van der Waals surface area contributed by atoms with Crippen molar-refractivity contribution in [2.75, 3.05) is 0 Å². The maximum Gasteiger partial charge on any atom is 0.534 e. The molecule has 3 aromatic rings. The van der Waals surface area contributed by atoms with E-state index in [0.717, 1.165) is 17.4 Å².